The molecule has 0 spiro atoms. The van der Waals surface area contributed by atoms with E-state index in [2.05, 4.69) is 5.32 Å². The van der Waals surface area contributed by atoms with Crippen LogP contribution in [0.1, 0.15) is 26.7 Å². The lowest BCUT2D eigenvalue weighted by molar-refractivity contribution is -0.132. The normalized spacial score (nSPS) is 20.1. The largest absolute Gasteiger partial charge is 0.391 e. The molecule has 0 saturated carbocycles. The quantitative estimate of drug-likeness (QED) is 0.777. The number of amides is 2. The number of anilines is 1. The van der Waals surface area contributed by atoms with Crippen molar-refractivity contribution in [3.8, 4) is 0 Å². The molecule has 0 aromatic heterocycles. The summed E-state index contributed by atoms with van der Waals surface area (Å²) in [6, 6.07) is 3.21. The third-order valence-corrected chi connectivity index (χ3v) is 4.52. The van der Waals surface area contributed by atoms with Crippen LogP contribution in [-0.2, 0) is 9.59 Å². The van der Waals surface area contributed by atoms with Gasteiger partial charge in [-0.1, -0.05) is 20.3 Å². The summed E-state index contributed by atoms with van der Waals surface area (Å²) in [5.41, 5.74) is 0.230. The van der Waals surface area contributed by atoms with Gasteiger partial charge < -0.3 is 15.3 Å². The number of carbonyl (C=O) groups is 2. The van der Waals surface area contributed by atoms with Crippen LogP contribution in [0.15, 0.2) is 18.2 Å². The monoisotopic (exact) mass is 340 g/mol. The number of hydrogen-bond donors (Lipinski definition) is 2. The molecule has 0 radical (unpaired) electrons. The summed E-state index contributed by atoms with van der Waals surface area (Å²) < 4.78 is 26.3. The zero-order valence-electron chi connectivity index (χ0n) is 13.8. The maximum Gasteiger partial charge on any atom is 0.239 e. The lowest BCUT2D eigenvalue weighted by Gasteiger charge is -2.19. The van der Waals surface area contributed by atoms with E-state index >= 15 is 0 Å². The van der Waals surface area contributed by atoms with Gasteiger partial charge in [0.25, 0.3) is 0 Å². The molecule has 0 bridgehead atoms. The second-order valence-corrected chi connectivity index (χ2v) is 6.13. The van der Waals surface area contributed by atoms with Gasteiger partial charge in [0.05, 0.1) is 6.10 Å². The Bertz CT molecular complexity index is 624. The third-order valence-electron chi connectivity index (χ3n) is 4.52. The number of aliphatic hydroxyl groups excluding tert-OH is 1. The highest BCUT2D eigenvalue weighted by Crippen LogP contribution is 2.26. The van der Waals surface area contributed by atoms with Gasteiger partial charge >= 0.3 is 0 Å². The minimum atomic E-state index is -1.04. The zero-order valence-corrected chi connectivity index (χ0v) is 13.8. The van der Waals surface area contributed by atoms with Gasteiger partial charge in [-0.2, -0.15) is 0 Å². The standard InChI is InChI=1S/C17H22F2N2O3/c1-3-10(2)15(22)9-20-16(23)12-6-7-21(17(12)24)11-4-5-13(18)14(19)8-11/h4-5,8,10,12,15,22H,3,6-7,9H2,1-2H3,(H,20,23). The second kappa shape index (κ2) is 7.70. The zero-order chi connectivity index (χ0) is 17.9. The van der Waals surface area contributed by atoms with E-state index in [9.17, 15) is 23.5 Å². The molecule has 2 amide bonds. The number of halogens is 2. The van der Waals surface area contributed by atoms with E-state index in [1.807, 2.05) is 13.8 Å². The van der Waals surface area contributed by atoms with Gasteiger partial charge in [0.15, 0.2) is 11.6 Å². The lowest BCUT2D eigenvalue weighted by atomic mass is 10.0. The number of nitrogens with zero attached hydrogens (tertiary/aromatic N) is 1. The molecule has 3 unspecified atom stereocenters. The molecule has 2 rings (SSSR count). The van der Waals surface area contributed by atoms with Crippen LogP contribution in [0.5, 0.6) is 0 Å². The fraction of sp³-hybridized carbons (Fsp3) is 0.529. The Morgan fingerprint density at radius 1 is 1.42 bits per heavy atom. The SMILES string of the molecule is CCC(C)C(O)CNC(=O)C1CCN(c2ccc(F)c(F)c2)C1=O. The van der Waals surface area contributed by atoms with Gasteiger partial charge in [-0.3, -0.25) is 9.59 Å². The van der Waals surface area contributed by atoms with Crippen molar-refractivity contribution in [3.05, 3.63) is 29.8 Å². The predicted octanol–water partition coefficient (Wildman–Crippen LogP) is 1.84. The summed E-state index contributed by atoms with van der Waals surface area (Å²) in [5, 5.41) is 12.5. The van der Waals surface area contributed by atoms with Gasteiger partial charge in [-0.25, -0.2) is 8.78 Å². The number of hydrogen-bond acceptors (Lipinski definition) is 3. The summed E-state index contributed by atoms with van der Waals surface area (Å²) in [5.74, 6) is -3.75. The molecule has 7 heteroatoms. The first-order chi connectivity index (χ1) is 11.3. The van der Waals surface area contributed by atoms with E-state index in [0.717, 1.165) is 18.6 Å². The van der Waals surface area contributed by atoms with Crippen molar-refractivity contribution in [2.75, 3.05) is 18.0 Å². The Morgan fingerprint density at radius 3 is 2.75 bits per heavy atom. The summed E-state index contributed by atoms with van der Waals surface area (Å²) in [7, 11) is 0. The van der Waals surface area contributed by atoms with Crippen LogP contribution in [0.2, 0.25) is 0 Å². The molecule has 3 atom stereocenters. The Morgan fingerprint density at radius 2 is 2.12 bits per heavy atom. The van der Waals surface area contributed by atoms with Gasteiger partial charge in [-0.05, 0) is 24.5 Å². The number of benzene rings is 1. The highest BCUT2D eigenvalue weighted by molar-refractivity contribution is 6.09. The van der Waals surface area contributed by atoms with Crippen molar-refractivity contribution in [1.29, 1.82) is 0 Å². The summed E-state index contributed by atoms with van der Waals surface area (Å²) >= 11 is 0. The van der Waals surface area contributed by atoms with Gasteiger partial charge in [0.1, 0.15) is 5.92 Å². The highest BCUT2D eigenvalue weighted by Gasteiger charge is 2.37. The first-order valence-corrected chi connectivity index (χ1v) is 8.07. The van der Waals surface area contributed by atoms with E-state index in [0.29, 0.717) is 6.42 Å². The molecule has 1 fully saturated rings. The average molecular weight is 340 g/mol. The molecule has 5 nitrogen and oxygen atoms in total. The molecule has 1 aromatic carbocycles. The Balaban J connectivity index is 1.97. The Kier molecular flexibility index (Phi) is 5.88. The van der Waals surface area contributed by atoms with E-state index in [1.165, 1.54) is 11.0 Å². The van der Waals surface area contributed by atoms with E-state index in [-0.39, 0.29) is 24.7 Å². The molecular formula is C17H22F2N2O3. The molecule has 1 saturated heterocycles. The van der Waals surface area contributed by atoms with Crippen molar-refractivity contribution in [2.24, 2.45) is 11.8 Å². The summed E-state index contributed by atoms with van der Waals surface area (Å²) in [6.45, 7) is 4.16. The van der Waals surface area contributed by atoms with Crippen molar-refractivity contribution >= 4 is 17.5 Å². The van der Waals surface area contributed by atoms with Crippen molar-refractivity contribution in [1.82, 2.24) is 5.32 Å². The van der Waals surface area contributed by atoms with Gasteiger partial charge in [-0.15, -0.1) is 0 Å². The van der Waals surface area contributed by atoms with Crippen molar-refractivity contribution in [2.45, 2.75) is 32.8 Å². The van der Waals surface area contributed by atoms with Crippen LogP contribution < -0.4 is 10.2 Å². The molecular weight excluding hydrogens is 318 g/mol. The topological polar surface area (TPSA) is 69.6 Å². The third kappa shape index (κ3) is 3.90. The molecule has 1 aliphatic rings. The van der Waals surface area contributed by atoms with Gasteiger partial charge in [0.2, 0.25) is 11.8 Å². The number of nitrogens with one attached hydrogen (secondary N) is 1. The highest BCUT2D eigenvalue weighted by atomic mass is 19.2. The van der Waals surface area contributed by atoms with Gasteiger partial charge in [0, 0.05) is 24.8 Å². The predicted molar refractivity (Wildman–Crippen MR) is 85.3 cm³/mol. The van der Waals surface area contributed by atoms with Crippen LogP contribution in [0, 0.1) is 23.5 Å². The molecule has 132 valence electrons. The van der Waals surface area contributed by atoms with Crippen LogP contribution in [0.25, 0.3) is 0 Å². The van der Waals surface area contributed by atoms with Crippen LogP contribution in [-0.4, -0.2) is 36.1 Å². The fourth-order valence-corrected chi connectivity index (χ4v) is 2.63. The van der Waals surface area contributed by atoms with E-state index in [1.54, 1.807) is 0 Å². The van der Waals surface area contributed by atoms with Crippen molar-refractivity contribution in [3.63, 3.8) is 0 Å². The Labute approximate surface area is 139 Å². The number of rotatable bonds is 6. The van der Waals surface area contributed by atoms with Crippen LogP contribution >= 0.6 is 0 Å². The van der Waals surface area contributed by atoms with Crippen LogP contribution in [0.4, 0.5) is 14.5 Å². The molecule has 1 heterocycles. The minimum Gasteiger partial charge on any atom is -0.391 e. The maximum atomic E-state index is 13.3. The maximum absolute atomic E-state index is 13.3. The first-order valence-electron chi connectivity index (χ1n) is 8.07. The molecule has 2 N–H and O–H groups in total. The number of carbonyl (C=O) groups excluding carboxylic acids is 2. The average Bonchev–Trinajstić information content (AvgIpc) is 2.95. The molecule has 1 aliphatic heterocycles. The molecule has 0 aliphatic carbocycles. The molecule has 1 aromatic rings. The molecule has 24 heavy (non-hydrogen) atoms. The summed E-state index contributed by atoms with van der Waals surface area (Å²) in [6.07, 6.45) is 0.407. The summed E-state index contributed by atoms with van der Waals surface area (Å²) in [4.78, 5) is 25.8. The fourth-order valence-electron chi connectivity index (χ4n) is 2.63. The number of aliphatic hydroxyl groups is 1. The lowest BCUT2D eigenvalue weighted by Crippen LogP contribution is -2.41. The van der Waals surface area contributed by atoms with E-state index < -0.39 is 35.5 Å². The first kappa shape index (κ1) is 18.3. The smallest absolute Gasteiger partial charge is 0.239 e. The second-order valence-electron chi connectivity index (χ2n) is 6.13. The Hall–Kier alpha value is -2.02. The van der Waals surface area contributed by atoms with Crippen molar-refractivity contribution < 1.29 is 23.5 Å². The minimum absolute atomic E-state index is 0.0447. The van der Waals surface area contributed by atoms with E-state index in [4.69, 9.17) is 0 Å². The van der Waals surface area contributed by atoms with Crippen LogP contribution in [0.3, 0.4) is 0 Å².